The van der Waals surface area contributed by atoms with E-state index in [-0.39, 0.29) is 40.2 Å². The van der Waals surface area contributed by atoms with Crippen LogP contribution in [0.3, 0.4) is 0 Å². The highest BCUT2D eigenvalue weighted by atomic mass is 35.5. The summed E-state index contributed by atoms with van der Waals surface area (Å²) in [7, 11) is 1.06. The van der Waals surface area contributed by atoms with Crippen LogP contribution < -0.4 is 14.4 Å². The van der Waals surface area contributed by atoms with Crippen molar-refractivity contribution < 1.29 is 33.1 Å². The van der Waals surface area contributed by atoms with E-state index >= 15 is 0 Å². The van der Waals surface area contributed by atoms with E-state index in [9.17, 15) is 18.9 Å². The number of methoxy groups -OCH3 is 2. The summed E-state index contributed by atoms with van der Waals surface area (Å²) in [5.41, 5.74) is 4.17. The van der Waals surface area contributed by atoms with Crippen LogP contribution in [0.1, 0.15) is 64.4 Å². The number of carbonyl (C=O) groups is 2. The molecule has 0 saturated heterocycles. The van der Waals surface area contributed by atoms with Gasteiger partial charge in [0.25, 0.3) is 11.8 Å². The average molecular weight is 764 g/mol. The van der Waals surface area contributed by atoms with Crippen molar-refractivity contribution in [3.8, 4) is 11.6 Å². The molecule has 2 amide bonds. The van der Waals surface area contributed by atoms with Gasteiger partial charge in [0.2, 0.25) is 5.88 Å². The van der Waals surface area contributed by atoms with E-state index in [1.807, 2.05) is 12.1 Å². The van der Waals surface area contributed by atoms with Crippen LogP contribution in [0.4, 0.5) is 5.69 Å². The zero-order valence-electron chi connectivity index (χ0n) is 30.4. The van der Waals surface area contributed by atoms with Gasteiger partial charge in [-0.15, -0.1) is 5.10 Å². The normalized spacial score (nSPS) is 30.7. The predicted molar refractivity (Wildman–Crippen MR) is 204 cm³/mol. The second-order valence-corrected chi connectivity index (χ2v) is 17.4. The highest BCUT2D eigenvalue weighted by Gasteiger charge is 2.44. The Morgan fingerprint density at radius 3 is 2.77 bits per heavy atom. The molecule has 282 valence electrons. The SMILES string of the molecule is COc1nn(C)cc1C(=O)N=CS1(=O)=NC(=O)c2ccc3c(c2)N(C[C@@H]2CC[C@H]2[C@@H](OC)/C=C/[C@H](O)[C@H](C)C1)C[C@@]1(CCCc2cc(Cl)ccc21)CO3. The number of anilines is 1. The fourth-order valence-electron chi connectivity index (χ4n) is 8.33. The number of aromatic nitrogens is 2. The topological polar surface area (TPSA) is 145 Å². The third kappa shape index (κ3) is 7.53. The van der Waals surface area contributed by atoms with Crippen LogP contribution in [-0.4, -0.2) is 88.3 Å². The van der Waals surface area contributed by atoms with Gasteiger partial charge in [-0.3, -0.25) is 14.3 Å². The third-order valence-corrected chi connectivity index (χ3v) is 13.4. The van der Waals surface area contributed by atoms with Gasteiger partial charge in [-0.25, -0.2) is 9.20 Å². The van der Waals surface area contributed by atoms with Crippen molar-refractivity contribution in [1.82, 2.24) is 9.78 Å². The zero-order chi connectivity index (χ0) is 37.5. The molecule has 4 aliphatic rings. The Kier molecular flexibility index (Phi) is 10.6. The van der Waals surface area contributed by atoms with Gasteiger partial charge in [0.1, 0.15) is 16.9 Å². The van der Waals surface area contributed by atoms with Crippen molar-refractivity contribution in [2.45, 2.75) is 56.7 Å². The van der Waals surface area contributed by atoms with Gasteiger partial charge in [0, 0.05) is 55.2 Å². The summed E-state index contributed by atoms with van der Waals surface area (Å²) in [6.07, 6.45) is 8.61. The Labute approximate surface area is 315 Å². The summed E-state index contributed by atoms with van der Waals surface area (Å²) in [5, 5.41) is 16.0. The van der Waals surface area contributed by atoms with Crippen LogP contribution in [0.5, 0.6) is 11.6 Å². The van der Waals surface area contributed by atoms with Crippen LogP contribution in [0.25, 0.3) is 0 Å². The van der Waals surface area contributed by atoms with E-state index in [1.54, 1.807) is 45.4 Å². The number of halogens is 1. The summed E-state index contributed by atoms with van der Waals surface area (Å²) in [6, 6.07) is 11.4. The summed E-state index contributed by atoms with van der Waals surface area (Å²) in [4.78, 5) is 33.5. The number of aliphatic imine (C=N–C) groups is 1. The average Bonchev–Trinajstić information content (AvgIpc) is 3.45. The van der Waals surface area contributed by atoms with Crippen LogP contribution in [-0.2, 0) is 33.3 Å². The fourth-order valence-corrected chi connectivity index (χ4v) is 10.3. The lowest BCUT2D eigenvalue weighted by Gasteiger charge is -2.46. The first kappa shape index (κ1) is 37.3. The molecule has 1 aromatic heterocycles. The Morgan fingerprint density at radius 2 is 2.02 bits per heavy atom. The number of fused-ring (bicyclic) bond motifs is 4. The van der Waals surface area contributed by atoms with E-state index in [4.69, 9.17) is 25.8 Å². The number of aliphatic hydroxyl groups excluding tert-OH is 1. The molecular weight excluding hydrogens is 718 g/mol. The van der Waals surface area contributed by atoms with E-state index < -0.39 is 33.6 Å². The molecule has 2 aliphatic heterocycles. The van der Waals surface area contributed by atoms with Gasteiger partial charge < -0.3 is 24.2 Å². The first-order chi connectivity index (χ1) is 25.4. The number of aliphatic hydroxyl groups is 1. The second-order valence-electron chi connectivity index (χ2n) is 14.9. The second kappa shape index (κ2) is 15.0. The van der Waals surface area contributed by atoms with E-state index in [0.717, 1.165) is 43.3 Å². The van der Waals surface area contributed by atoms with Gasteiger partial charge in [0.05, 0.1) is 41.3 Å². The highest BCUT2D eigenvalue weighted by molar-refractivity contribution is 8.06. The van der Waals surface area contributed by atoms with E-state index in [2.05, 4.69) is 31.5 Å². The summed E-state index contributed by atoms with van der Waals surface area (Å²) < 4.78 is 38.0. The van der Waals surface area contributed by atoms with Crippen molar-refractivity contribution in [3.05, 3.63) is 82.0 Å². The van der Waals surface area contributed by atoms with Crippen molar-refractivity contribution in [2.75, 3.05) is 44.6 Å². The lowest BCUT2D eigenvalue weighted by molar-refractivity contribution is 0.0124. The Morgan fingerprint density at radius 1 is 1.19 bits per heavy atom. The molecular formula is C39H46ClN5O7S. The van der Waals surface area contributed by atoms with Crippen molar-refractivity contribution in [2.24, 2.45) is 34.2 Å². The molecule has 3 heterocycles. The van der Waals surface area contributed by atoms with Crippen LogP contribution in [0.2, 0.25) is 5.02 Å². The molecule has 53 heavy (non-hydrogen) atoms. The monoisotopic (exact) mass is 763 g/mol. The molecule has 2 bridgehead atoms. The van der Waals surface area contributed by atoms with E-state index in [1.165, 1.54) is 29.1 Å². The van der Waals surface area contributed by atoms with Crippen LogP contribution in [0.15, 0.2) is 64.1 Å². The number of benzene rings is 2. The quantitative estimate of drug-likeness (QED) is 0.203. The molecule has 1 saturated carbocycles. The van der Waals surface area contributed by atoms with Crippen molar-refractivity contribution >= 4 is 44.4 Å². The molecule has 2 aromatic carbocycles. The van der Waals surface area contributed by atoms with Gasteiger partial charge in [-0.1, -0.05) is 36.7 Å². The maximum Gasteiger partial charge on any atom is 0.285 e. The number of amides is 2. The Balaban J connectivity index is 1.31. The maximum absolute atomic E-state index is 14.6. The number of hydrogen-bond acceptors (Lipinski definition) is 9. The minimum Gasteiger partial charge on any atom is -0.490 e. The summed E-state index contributed by atoms with van der Waals surface area (Å²) >= 11 is 6.45. The lowest BCUT2D eigenvalue weighted by atomic mass is 9.68. The predicted octanol–water partition coefficient (Wildman–Crippen LogP) is 5.64. The van der Waals surface area contributed by atoms with E-state index in [0.29, 0.717) is 36.4 Å². The fraction of sp³-hybridized carbons (Fsp3) is 0.487. The molecule has 1 fully saturated rings. The smallest absolute Gasteiger partial charge is 0.285 e. The van der Waals surface area contributed by atoms with Crippen molar-refractivity contribution in [1.29, 1.82) is 0 Å². The molecule has 14 heteroatoms. The lowest BCUT2D eigenvalue weighted by Crippen LogP contribution is -2.49. The minimum atomic E-state index is -3.63. The highest BCUT2D eigenvalue weighted by Crippen LogP contribution is 2.47. The first-order valence-corrected chi connectivity index (χ1v) is 20.2. The maximum atomic E-state index is 14.6. The molecule has 12 nitrogen and oxygen atoms in total. The standard InChI is InChI=1S/C39H46ClN5O7S/c1-24-20-53(49,23-41-37(48)30-19-44(2)42-38(30)51-4)43-36(47)26-8-13-35-32(17-26)45(18-27-7-10-29(27)34(50-3)14-12-33(24)46)21-39(22-52-35)15-5-6-25-16-28(40)9-11-31(25)39/h8-9,11-14,16-17,19,23-24,27,29,33-34,46H,5-7,10,15,18,20-22H2,1-4H3/b14-12+,41-23?/t24-,27+,29-,33+,34+,39+,53?/m1/s1. The van der Waals surface area contributed by atoms with Crippen LogP contribution in [0, 0.1) is 17.8 Å². The van der Waals surface area contributed by atoms with Gasteiger partial charge in [0.15, 0.2) is 0 Å². The molecule has 2 aliphatic carbocycles. The van der Waals surface area contributed by atoms with Gasteiger partial charge >= 0.3 is 0 Å². The molecule has 0 radical (unpaired) electrons. The Hall–Kier alpha value is -4.04. The number of rotatable bonds is 4. The number of nitrogens with zero attached hydrogens (tertiary/aromatic N) is 5. The molecule has 1 N–H and O–H groups in total. The van der Waals surface area contributed by atoms with Gasteiger partial charge in [-0.05, 0) is 91.3 Å². The number of carbonyl (C=O) groups excluding carboxylic acids is 2. The largest absolute Gasteiger partial charge is 0.490 e. The molecule has 1 spiro atoms. The molecule has 3 aromatic rings. The third-order valence-electron chi connectivity index (χ3n) is 11.3. The summed E-state index contributed by atoms with van der Waals surface area (Å²) in [6.45, 7) is 3.56. The number of aryl methyl sites for hydroxylation is 2. The number of ether oxygens (including phenoxy) is 3. The zero-order valence-corrected chi connectivity index (χ0v) is 32.0. The first-order valence-electron chi connectivity index (χ1n) is 18.1. The molecule has 7 rings (SSSR count). The number of hydrogen-bond donors (Lipinski definition) is 1. The van der Waals surface area contributed by atoms with Gasteiger partial charge in [-0.2, -0.15) is 4.36 Å². The molecule has 1 unspecified atom stereocenters. The Bertz CT molecular complexity index is 2090. The summed E-state index contributed by atoms with van der Waals surface area (Å²) in [5.74, 6) is -1.11. The minimum absolute atomic E-state index is 0.0602. The van der Waals surface area contributed by atoms with Crippen molar-refractivity contribution in [3.63, 3.8) is 0 Å². The molecule has 7 atom stereocenters. The van der Waals surface area contributed by atoms with Crippen LogP contribution >= 0.6 is 11.6 Å².